The van der Waals surface area contributed by atoms with Gasteiger partial charge in [0.15, 0.2) is 0 Å². The van der Waals surface area contributed by atoms with E-state index in [0.717, 1.165) is 17.6 Å². The average Bonchev–Trinajstić information content (AvgIpc) is 2.29. The van der Waals surface area contributed by atoms with Gasteiger partial charge in [0.1, 0.15) is 0 Å². The van der Waals surface area contributed by atoms with E-state index >= 15 is 0 Å². The molecule has 0 fully saturated rings. The summed E-state index contributed by atoms with van der Waals surface area (Å²) in [6, 6.07) is 10.5. The van der Waals surface area contributed by atoms with Crippen LogP contribution < -0.4 is 5.73 Å². The predicted molar refractivity (Wildman–Crippen MR) is 66.3 cm³/mol. The number of hydrogen-bond donors (Lipinski definition) is 1. The maximum Gasteiger partial charge on any atom is 0.0706 e. The van der Waals surface area contributed by atoms with E-state index in [1.54, 1.807) is 11.8 Å². The van der Waals surface area contributed by atoms with E-state index in [0.29, 0.717) is 6.54 Å². The third kappa shape index (κ3) is 2.30. The van der Waals surface area contributed by atoms with E-state index < -0.39 is 0 Å². The highest BCUT2D eigenvalue weighted by Gasteiger charge is 1.99. The third-order valence-corrected chi connectivity index (χ3v) is 3.08. The summed E-state index contributed by atoms with van der Waals surface area (Å²) in [5.74, 6) is 0. The van der Waals surface area contributed by atoms with Crippen LogP contribution in [-0.4, -0.2) is 17.8 Å². The molecule has 0 radical (unpaired) electrons. The predicted octanol–water partition coefficient (Wildman–Crippen LogP) is 2.46. The smallest absolute Gasteiger partial charge is 0.0706 e. The number of nitrogens with two attached hydrogens (primary N) is 1. The van der Waals surface area contributed by atoms with Crippen LogP contribution in [0, 0.1) is 0 Å². The first-order valence-electron chi connectivity index (χ1n) is 4.97. The molecule has 0 aliphatic carbocycles. The topological polar surface area (TPSA) is 38.9 Å². The molecule has 0 aliphatic heterocycles. The average molecular weight is 218 g/mol. The van der Waals surface area contributed by atoms with Gasteiger partial charge in [-0.25, -0.2) is 0 Å². The Morgan fingerprint density at radius 2 is 2.13 bits per heavy atom. The molecule has 0 spiro atoms. The minimum Gasteiger partial charge on any atom is -0.330 e. The van der Waals surface area contributed by atoms with Crippen molar-refractivity contribution < 1.29 is 0 Å². The van der Waals surface area contributed by atoms with E-state index in [2.05, 4.69) is 41.6 Å². The second-order valence-electron chi connectivity index (χ2n) is 3.40. The molecule has 2 N–H and O–H groups in total. The molecule has 0 aliphatic rings. The van der Waals surface area contributed by atoms with Crippen LogP contribution in [0.2, 0.25) is 0 Å². The highest BCUT2D eigenvalue weighted by molar-refractivity contribution is 7.98. The molecule has 2 nitrogen and oxygen atoms in total. The Morgan fingerprint density at radius 3 is 2.87 bits per heavy atom. The van der Waals surface area contributed by atoms with Crippen LogP contribution in [-0.2, 0) is 6.42 Å². The van der Waals surface area contributed by atoms with Gasteiger partial charge in [-0.1, -0.05) is 6.07 Å². The molecule has 15 heavy (non-hydrogen) atoms. The number of thioether (sulfide) groups is 1. The van der Waals surface area contributed by atoms with Crippen LogP contribution in [0.5, 0.6) is 0 Å². The maximum absolute atomic E-state index is 5.51. The van der Waals surface area contributed by atoms with Crippen LogP contribution in [0.1, 0.15) is 5.69 Å². The molecule has 3 heteroatoms. The van der Waals surface area contributed by atoms with Crippen molar-refractivity contribution in [1.29, 1.82) is 0 Å². The summed E-state index contributed by atoms with van der Waals surface area (Å²) in [7, 11) is 0. The summed E-state index contributed by atoms with van der Waals surface area (Å²) in [4.78, 5) is 5.83. The Balaban J connectivity index is 2.45. The highest BCUT2D eigenvalue weighted by Crippen LogP contribution is 2.20. The molecule has 0 atom stereocenters. The largest absolute Gasteiger partial charge is 0.330 e. The van der Waals surface area contributed by atoms with Crippen molar-refractivity contribution in [3.05, 3.63) is 36.0 Å². The van der Waals surface area contributed by atoms with Crippen molar-refractivity contribution in [1.82, 2.24) is 4.98 Å². The Labute approximate surface area is 93.9 Å². The van der Waals surface area contributed by atoms with Crippen molar-refractivity contribution in [2.75, 3.05) is 12.8 Å². The SMILES string of the molecule is CSc1ccc2nc(CCN)ccc2c1. The molecule has 78 valence electrons. The van der Waals surface area contributed by atoms with Gasteiger partial charge in [0.25, 0.3) is 0 Å². The second-order valence-corrected chi connectivity index (χ2v) is 4.28. The van der Waals surface area contributed by atoms with Crippen molar-refractivity contribution in [2.45, 2.75) is 11.3 Å². The van der Waals surface area contributed by atoms with Gasteiger partial charge in [0, 0.05) is 22.4 Å². The minimum absolute atomic E-state index is 0.654. The minimum atomic E-state index is 0.654. The summed E-state index contributed by atoms with van der Waals surface area (Å²) >= 11 is 1.75. The maximum atomic E-state index is 5.51. The van der Waals surface area contributed by atoms with E-state index in [-0.39, 0.29) is 0 Å². The number of aromatic nitrogens is 1. The fourth-order valence-electron chi connectivity index (χ4n) is 1.56. The van der Waals surface area contributed by atoms with E-state index in [1.807, 2.05) is 0 Å². The lowest BCUT2D eigenvalue weighted by Crippen LogP contribution is -2.04. The lowest BCUT2D eigenvalue weighted by molar-refractivity contribution is 0.932. The molecular formula is C12H14N2S. The van der Waals surface area contributed by atoms with Crippen molar-refractivity contribution in [3.8, 4) is 0 Å². The summed E-state index contributed by atoms with van der Waals surface area (Å²) in [6.07, 6.45) is 2.93. The first-order chi connectivity index (χ1) is 7.33. The molecular weight excluding hydrogens is 204 g/mol. The van der Waals surface area contributed by atoms with Gasteiger partial charge in [0.05, 0.1) is 5.52 Å². The van der Waals surface area contributed by atoms with Crippen LogP contribution in [0.4, 0.5) is 0 Å². The number of benzene rings is 1. The molecule has 0 unspecified atom stereocenters. The molecule has 0 saturated carbocycles. The number of fused-ring (bicyclic) bond motifs is 1. The Bertz CT molecular complexity index is 468. The van der Waals surface area contributed by atoms with Crippen molar-refractivity contribution in [3.63, 3.8) is 0 Å². The van der Waals surface area contributed by atoms with E-state index in [1.165, 1.54) is 10.3 Å². The lowest BCUT2D eigenvalue weighted by atomic mass is 10.2. The molecule has 1 aromatic carbocycles. The lowest BCUT2D eigenvalue weighted by Gasteiger charge is -2.03. The van der Waals surface area contributed by atoms with Gasteiger partial charge < -0.3 is 5.73 Å². The summed E-state index contributed by atoms with van der Waals surface area (Å²) in [5.41, 5.74) is 7.63. The molecule has 0 amide bonds. The number of nitrogens with zero attached hydrogens (tertiary/aromatic N) is 1. The van der Waals surface area contributed by atoms with Crippen LogP contribution in [0.15, 0.2) is 35.2 Å². The van der Waals surface area contributed by atoms with Crippen LogP contribution in [0.3, 0.4) is 0 Å². The number of hydrogen-bond acceptors (Lipinski definition) is 3. The molecule has 0 bridgehead atoms. The standard InChI is InChI=1S/C12H14N2S/c1-15-11-4-5-12-9(8-11)2-3-10(14-12)6-7-13/h2-5,8H,6-7,13H2,1H3. The summed E-state index contributed by atoms with van der Waals surface area (Å²) in [6.45, 7) is 0.654. The second kappa shape index (κ2) is 4.64. The van der Waals surface area contributed by atoms with E-state index in [4.69, 9.17) is 5.73 Å². The van der Waals surface area contributed by atoms with Gasteiger partial charge >= 0.3 is 0 Å². The third-order valence-electron chi connectivity index (χ3n) is 2.35. The molecule has 0 saturated heterocycles. The van der Waals surface area contributed by atoms with Gasteiger partial charge in [0.2, 0.25) is 0 Å². The fraction of sp³-hybridized carbons (Fsp3) is 0.250. The first-order valence-corrected chi connectivity index (χ1v) is 6.19. The number of rotatable bonds is 3. The zero-order valence-corrected chi connectivity index (χ0v) is 9.55. The van der Waals surface area contributed by atoms with Crippen molar-refractivity contribution >= 4 is 22.7 Å². The highest BCUT2D eigenvalue weighted by atomic mass is 32.2. The van der Waals surface area contributed by atoms with Crippen molar-refractivity contribution in [2.24, 2.45) is 5.73 Å². The quantitative estimate of drug-likeness (QED) is 0.804. The normalized spacial score (nSPS) is 10.8. The number of pyridine rings is 1. The first kappa shape index (κ1) is 10.5. The van der Waals surface area contributed by atoms with Gasteiger partial charge in [-0.2, -0.15) is 0 Å². The van der Waals surface area contributed by atoms with Gasteiger partial charge in [-0.05, 0) is 37.1 Å². The van der Waals surface area contributed by atoms with Crippen LogP contribution in [0.25, 0.3) is 10.9 Å². The van der Waals surface area contributed by atoms with Gasteiger partial charge in [-0.15, -0.1) is 11.8 Å². The van der Waals surface area contributed by atoms with E-state index in [9.17, 15) is 0 Å². The summed E-state index contributed by atoms with van der Waals surface area (Å²) < 4.78 is 0. The Kier molecular flexibility index (Phi) is 3.23. The Hall–Kier alpha value is -1.06. The zero-order valence-electron chi connectivity index (χ0n) is 8.73. The molecule has 1 aromatic heterocycles. The molecule has 1 heterocycles. The fourth-order valence-corrected chi connectivity index (χ4v) is 2.01. The van der Waals surface area contributed by atoms with Crippen LogP contribution >= 0.6 is 11.8 Å². The Morgan fingerprint density at radius 1 is 1.27 bits per heavy atom. The zero-order chi connectivity index (χ0) is 10.7. The molecule has 2 aromatic rings. The molecule has 2 rings (SSSR count). The monoisotopic (exact) mass is 218 g/mol. The van der Waals surface area contributed by atoms with Gasteiger partial charge in [-0.3, -0.25) is 4.98 Å². The summed E-state index contributed by atoms with van der Waals surface area (Å²) in [5, 5.41) is 1.20.